The van der Waals surface area contributed by atoms with Gasteiger partial charge >= 0.3 is 0 Å². The molecule has 1 saturated heterocycles. The molecule has 2 aliphatic rings. The van der Waals surface area contributed by atoms with E-state index in [0.29, 0.717) is 18.3 Å². The van der Waals surface area contributed by atoms with E-state index in [2.05, 4.69) is 21.7 Å². The molecule has 0 radical (unpaired) electrons. The zero-order valence-corrected chi connectivity index (χ0v) is 14.6. The standard InChI is InChI=1S/C16H24N4O2S/c1-13-10-17-16(23-13)20-7-5-19(6-8-20)12-15(21)18(2)11-14-4-3-9-22-14/h3-4,9,13H,5-8,10-12H2,1-2H3/t13-/m1/s1. The van der Waals surface area contributed by atoms with Crippen molar-refractivity contribution in [1.82, 2.24) is 14.7 Å². The van der Waals surface area contributed by atoms with Crippen molar-refractivity contribution in [2.45, 2.75) is 18.7 Å². The van der Waals surface area contributed by atoms with Crippen molar-refractivity contribution < 1.29 is 9.21 Å². The lowest BCUT2D eigenvalue weighted by Crippen LogP contribution is -2.50. The number of hydrogen-bond acceptors (Lipinski definition) is 6. The number of hydrogen-bond donors (Lipinski definition) is 0. The van der Waals surface area contributed by atoms with Crippen LogP contribution in [0.3, 0.4) is 0 Å². The van der Waals surface area contributed by atoms with Gasteiger partial charge in [0.1, 0.15) is 5.76 Å². The number of likely N-dealkylation sites (N-methyl/N-ethyl adjacent to an activating group) is 1. The lowest BCUT2D eigenvalue weighted by molar-refractivity contribution is -0.132. The summed E-state index contributed by atoms with van der Waals surface area (Å²) in [6.45, 7) is 7.86. The minimum atomic E-state index is 0.135. The molecule has 3 heterocycles. The predicted octanol–water partition coefficient (Wildman–Crippen LogP) is 1.35. The van der Waals surface area contributed by atoms with Gasteiger partial charge in [0.15, 0.2) is 5.17 Å². The summed E-state index contributed by atoms with van der Waals surface area (Å²) in [6.07, 6.45) is 1.64. The van der Waals surface area contributed by atoms with Crippen molar-refractivity contribution in [3.63, 3.8) is 0 Å². The van der Waals surface area contributed by atoms with Gasteiger partial charge in [-0.2, -0.15) is 0 Å². The van der Waals surface area contributed by atoms with E-state index < -0.39 is 0 Å². The molecule has 6 nitrogen and oxygen atoms in total. The Morgan fingerprint density at radius 3 is 2.83 bits per heavy atom. The van der Waals surface area contributed by atoms with Crippen LogP contribution in [-0.2, 0) is 11.3 Å². The molecule has 1 aromatic heterocycles. The number of furan rings is 1. The van der Waals surface area contributed by atoms with E-state index in [4.69, 9.17) is 4.42 Å². The molecule has 23 heavy (non-hydrogen) atoms. The number of piperazine rings is 1. The molecular formula is C16H24N4O2S. The van der Waals surface area contributed by atoms with Crippen molar-refractivity contribution in [3.05, 3.63) is 24.2 Å². The average molecular weight is 336 g/mol. The second kappa shape index (κ2) is 7.40. The van der Waals surface area contributed by atoms with Crippen LogP contribution in [0.1, 0.15) is 12.7 Å². The second-order valence-electron chi connectivity index (χ2n) is 6.14. The van der Waals surface area contributed by atoms with E-state index in [-0.39, 0.29) is 5.91 Å². The van der Waals surface area contributed by atoms with Gasteiger partial charge in [-0.05, 0) is 12.1 Å². The van der Waals surface area contributed by atoms with Crippen LogP contribution in [0.15, 0.2) is 27.8 Å². The van der Waals surface area contributed by atoms with Crippen LogP contribution >= 0.6 is 11.8 Å². The monoisotopic (exact) mass is 336 g/mol. The van der Waals surface area contributed by atoms with Crippen LogP contribution in [0.5, 0.6) is 0 Å². The summed E-state index contributed by atoms with van der Waals surface area (Å²) in [5.41, 5.74) is 0. The zero-order chi connectivity index (χ0) is 16.2. The van der Waals surface area contributed by atoms with Crippen LogP contribution in [0.2, 0.25) is 0 Å². The number of rotatable bonds is 4. The molecule has 1 aromatic rings. The van der Waals surface area contributed by atoms with Gasteiger partial charge in [0.2, 0.25) is 5.91 Å². The minimum Gasteiger partial charge on any atom is -0.467 e. The molecule has 0 aromatic carbocycles. The van der Waals surface area contributed by atoms with Crippen molar-refractivity contribution in [3.8, 4) is 0 Å². The van der Waals surface area contributed by atoms with Crippen LogP contribution in [-0.4, -0.2) is 77.3 Å². The maximum atomic E-state index is 12.3. The molecule has 0 saturated carbocycles. The maximum Gasteiger partial charge on any atom is 0.236 e. The van der Waals surface area contributed by atoms with Gasteiger partial charge < -0.3 is 14.2 Å². The number of carbonyl (C=O) groups is 1. The number of aliphatic imine (C=N–C) groups is 1. The molecule has 126 valence electrons. The topological polar surface area (TPSA) is 52.3 Å². The SMILES string of the molecule is C[C@@H]1CN=C(N2CCN(CC(=O)N(C)Cc3ccco3)CC2)S1. The highest BCUT2D eigenvalue weighted by Crippen LogP contribution is 2.23. The number of amidine groups is 1. The van der Waals surface area contributed by atoms with Crippen LogP contribution in [0.4, 0.5) is 0 Å². The number of nitrogens with zero attached hydrogens (tertiary/aromatic N) is 4. The Labute approximate surface area is 141 Å². The molecule has 7 heteroatoms. The Morgan fingerprint density at radius 1 is 1.43 bits per heavy atom. The quantitative estimate of drug-likeness (QED) is 0.831. The van der Waals surface area contributed by atoms with E-state index in [1.165, 1.54) is 5.17 Å². The van der Waals surface area contributed by atoms with Crippen molar-refractivity contribution in [2.24, 2.45) is 4.99 Å². The maximum absolute atomic E-state index is 12.3. The molecule has 2 aliphatic heterocycles. The van der Waals surface area contributed by atoms with Crippen LogP contribution in [0, 0.1) is 0 Å². The first-order valence-corrected chi connectivity index (χ1v) is 8.94. The molecule has 0 N–H and O–H groups in total. The van der Waals surface area contributed by atoms with Gasteiger partial charge in [-0.15, -0.1) is 0 Å². The molecule has 0 aliphatic carbocycles. The molecule has 1 atom stereocenters. The van der Waals surface area contributed by atoms with E-state index in [0.717, 1.165) is 38.5 Å². The highest BCUT2D eigenvalue weighted by atomic mass is 32.2. The van der Waals surface area contributed by atoms with Crippen molar-refractivity contribution >= 4 is 22.8 Å². The van der Waals surface area contributed by atoms with Crippen LogP contribution in [0.25, 0.3) is 0 Å². The molecular weight excluding hydrogens is 312 g/mol. The van der Waals surface area contributed by atoms with E-state index in [9.17, 15) is 4.79 Å². The normalized spacial score (nSPS) is 22.3. The molecule has 3 rings (SSSR count). The Hall–Kier alpha value is -1.47. The second-order valence-corrected chi connectivity index (χ2v) is 7.55. The minimum absolute atomic E-state index is 0.135. The summed E-state index contributed by atoms with van der Waals surface area (Å²) in [5, 5.41) is 1.78. The van der Waals surface area contributed by atoms with Gasteiger partial charge in [-0.1, -0.05) is 18.7 Å². The predicted molar refractivity (Wildman–Crippen MR) is 92.6 cm³/mol. The van der Waals surface area contributed by atoms with Gasteiger partial charge in [-0.25, -0.2) is 0 Å². The van der Waals surface area contributed by atoms with Gasteiger partial charge in [0.25, 0.3) is 0 Å². The first kappa shape index (κ1) is 16.4. The summed E-state index contributed by atoms with van der Waals surface area (Å²) in [7, 11) is 1.83. The molecule has 1 amide bonds. The molecule has 0 spiro atoms. The lowest BCUT2D eigenvalue weighted by atomic mass is 10.3. The summed E-state index contributed by atoms with van der Waals surface area (Å²) in [4.78, 5) is 23.2. The molecule has 0 bridgehead atoms. The fourth-order valence-electron chi connectivity index (χ4n) is 2.77. The first-order chi connectivity index (χ1) is 11.1. The number of amides is 1. The smallest absolute Gasteiger partial charge is 0.236 e. The highest BCUT2D eigenvalue weighted by molar-refractivity contribution is 8.14. The third kappa shape index (κ3) is 4.29. The summed E-state index contributed by atoms with van der Waals surface area (Å²) < 4.78 is 5.29. The Kier molecular flexibility index (Phi) is 5.27. The van der Waals surface area contributed by atoms with Crippen LogP contribution < -0.4 is 0 Å². The highest BCUT2D eigenvalue weighted by Gasteiger charge is 2.26. The molecule has 0 unspecified atom stereocenters. The van der Waals surface area contributed by atoms with Crippen molar-refractivity contribution in [1.29, 1.82) is 0 Å². The van der Waals surface area contributed by atoms with E-state index in [1.807, 2.05) is 30.9 Å². The summed E-state index contributed by atoms with van der Waals surface area (Å²) in [6, 6.07) is 3.74. The van der Waals surface area contributed by atoms with Crippen molar-refractivity contribution in [2.75, 3.05) is 46.3 Å². The van der Waals surface area contributed by atoms with Gasteiger partial charge in [0, 0.05) is 38.5 Å². The largest absolute Gasteiger partial charge is 0.467 e. The summed E-state index contributed by atoms with van der Waals surface area (Å²) >= 11 is 1.87. The Morgan fingerprint density at radius 2 is 2.22 bits per heavy atom. The zero-order valence-electron chi connectivity index (χ0n) is 13.8. The Balaban J connectivity index is 1.42. The van der Waals surface area contributed by atoms with Gasteiger partial charge in [0.05, 0.1) is 25.9 Å². The third-order valence-corrected chi connectivity index (χ3v) is 5.34. The third-order valence-electron chi connectivity index (χ3n) is 4.19. The van der Waals surface area contributed by atoms with E-state index in [1.54, 1.807) is 11.2 Å². The lowest BCUT2D eigenvalue weighted by Gasteiger charge is -2.35. The molecule has 1 fully saturated rings. The fourth-order valence-corrected chi connectivity index (χ4v) is 3.76. The summed E-state index contributed by atoms with van der Waals surface area (Å²) in [5.74, 6) is 0.951. The average Bonchev–Trinajstić information content (AvgIpc) is 3.19. The fraction of sp³-hybridized carbons (Fsp3) is 0.625. The number of thioether (sulfide) groups is 1. The first-order valence-electron chi connectivity index (χ1n) is 8.06. The van der Waals surface area contributed by atoms with Gasteiger partial charge in [-0.3, -0.25) is 14.7 Å². The number of carbonyl (C=O) groups excluding carboxylic acids is 1. The Bertz CT molecular complexity index is 552. The van der Waals surface area contributed by atoms with E-state index >= 15 is 0 Å².